The highest BCUT2D eigenvalue weighted by Crippen LogP contribution is 2.44. The summed E-state index contributed by atoms with van der Waals surface area (Å²) in [5.41, 5.74) is 0.825. The van der Waals surface area contributed by atoms with E-state index < -0.39 is 0 Å². The van der Waals surface area contributed by atoms with Crippen LogP contribution in [0, 0.1) is 11.8 Å². The number of carbonyl (C=O) groups excluding carboxylic acids is 1. The Kier molecular flexibility index (Phi) is 4.03. The number of amides is 1. The molecule has 2 aromatic heterocycles. The predicted molar refractivity (Wildman–Crippen MR) is 85.6 cm³/mol. The van der Waals surface area contributed by atoms with Crippen LogP contribution in [0.5, 0.6) is 0 Å². The van der Waals surface area contributed by atoms with Crippen LogP contribution in [-0.4, -0.2) is 32.9 Å². The lowest BCUT2D eigenvalue weighted by atomic mass is 9.95. The summed E-state index contributed by atoms with van der Waals surface area (Å²) in [7, 11) is 0. The molecule has 0 spiro atoms. The number of rotatable bonds is 5. The van der Waals surface area contributed by atoms with Crippen molar-refractivity contribution in [2.45, 2.75) is 36.9 Å². The van der Waals surface area contributed by atoms with Crippen LogP contribution >= 0.6 is 11.8 Å². The second kappa shape index (κ2) is 6.31. The third-order valence-electron chi connectivity index (χ3n) is 4.74. The van der Waals surface area contributed by atoms with E-state index in [1.165, 1.54) is 31.0 Å². The zero-order valence-corrected chi connectivity index (χ0v) is 13.5. The zero-order chi connectivity index (χ0) is 15.6. The van der Waals surface area contributed by atoms with Crippen LogP contribution in [0.15, 0.2) is 34.2 Å². The molecule has 7 heteroatoms. The fourth-order valence-corrected chi connectivity index (χ4v) is 4.25. The van der Waals surface area contributed by atoms with Crippen molar-refractivity contribution >= 4 is 17.7 Å². The first-order chi connectivity index (χ1) is 11.3. The van der Waals surface area contributed by atoms with Crippen molar-refractivity contribution < 1.29 is 9.21 Å². The van der Waals surface area contributed by atoms with Crippen LogP contribution in [0.4, 0.5) is 0 Å². The number of nitrogens with zero attached hydrogens (tertiary/aromatic N) is 3. The number of fused-ring (bicyclic) bond motifs is 2. The summed E-state index contributed by atoms with van der Waals surface area (Å²) in [5, 5.41) is 11.6. The molecule has 3 atom stereocenters. The lowest BCUT2D eigenvalue weighted by molar-refractivity contribution is -0.119. The fraction of sp³-hybridized carbons (Fsp3) is 0.500. The molecule has 4 rings (SSSR count). The number of aromatic nitrogens is 3. The lowest BCUT2D eigenvalue weighted by Gasteiger charge is -2.22. The largest absolute Gasteiger partial charge is 0.411 e. The zero-order valence-electron chi connectivity index (χ0n) is 12.6. The van der Waals surface area contributed by atoms with Gasteiger partial charge >= 0.3 is 0 Å². The van der Waals surface area contributed by atoms with Gasteiger partial charge in [-0.2, -0.15) is 0 Å². The van der Waals surface area contributed by atoms with Crippen molar-refractivity contribution in [3.8, 4) is 11.5 Å². The second-order valence-electron chi connectivity index (χ2n) is 6.25. The second-order valence-corrected chi connectivity index (χ2v) is 7.17. The molecule has 1 amide bonds. The van der Waals surface area contributed by atoms with Crippen molar-refractivity contribution in [3.05, 3.63) is 24.5 Å². The summed E-state index contributed by atoms with van der Waals surface area (Å²) in [6, 6.07) is 3.99. The van der Waals surface area contributed by atoms with Gasteiger partial charge in [0.25, 0.3) is 5.22 Å². The molecule has 1 N–H and O–H groups in total. The highest BCUT2D eigenvalue weighted by atomic mass is 32.2. The van der Waals surface area contributed by atoms with Gasteiger partial charge in [0.15, 0.2) is 0 Å². The smallest absolute Gasteiger partial charge is 0.277 e. The van der Waals surface area contributed by atoms with E-state index in [9.17, 15) is 4.79 Å². The molecule has 2 fully saturated rings. The molecule has 6 nitrogen and oxygen atoms in total. The summed E-state index contributed by atoms with van der Waals surface area (Å²) >= 11 is 1.28. The number of carbonyl (C=O) groups is 1. The Morgan fingerprint density at radius 3 is 2.87 bits per heavy atom. The molecule has 0 aromatic carbocycles. The highest BCUT2D eigenvalue weighted by molar-refractivity contribution is 7.99. The Hall–Kier alpha value is -1.89. The van der Waals surface area contributed by atoms with E-state index in [-0.39, 0.29) is 5.91 Å². The molecular weight excluding hydrogens is 312 g/mol. The molecule has 0 unspecified atom stereocenters. The van der Waals surface area contributed by atoms with Gasteiger partial charge in [0, 0.05) is 24.0 Å². The molecule has 0 saturated heterocycles. The molecule has 0 aliphatic heterocycles. The molecule has 2 heterocycles. The van der Waals surface area contributed by atoms with Crippen molar-refractivity contribution in [1.29, 1.82) is 0 Å². The normalized spacial score (nSPS) is 25.7. The van der Waals surface area contributed by atoms with Crippen molar-refractivity contribution in [2.75, 3.05) is 5.75 Å². The van der Waals surface area contributed by atoms with Gasteiger partial charge in [0.2, 0.25) is 11.8 Å². The minimum atomic E-state index is 0.0520. The van der Waals surface area contributed by atoms with Gasteiger partial charge < -0.3 is 9.73 Å². The molecule has 0 radical (unpaired) electrons. The van der Waals surface area contributed by atoms with Crippen LogP contribution in [0.3, 0.4) is 0 Å². The first kappa shape index (κ1) is 14.7. The SMILES string of the molecule is O=C(CSc1nnc(-c2ccncc2)o1)N[C@H]1C[C@H]2CC[C@H]1C2. The molecule has 23 heavy (non-hydrogen) atoms. The maximum absolute atomic E-state index is 12.1. The standard InChI is InChI=1S/C16H18N4O2S/c21-14(18-13-8-10-1-2-12(13)7-10)9-23-16-20-19-15(22-16)11-3-5-17-6-4-11/h3-6,10,12-13H,1-2,7-9H2,(H,18,21)/t10-,12-,13-/m0/s1. The van der Waals surface area contributed by atoms with Gasteiger partial charge in [0.1, 0.15) is 0 Å². The fourth-order valence-electron chi connectivity index (χ4n) is 3.68. The van der Waals surface area contributed by atoms with Crippen LogP contribution in [0.1, 0.15) is 25.7 Å². The van der Waals surface area contributed by atoms with Gasteiger partial charge in [0.05, 0.1) is 5.75 Å². The quantitative estimate of drug-likeness (QED) is 0.849. The highest BCUT2D eigenvalue weighted by Gasteiger charge is 2.40. The summed E-state index contributed by atoms with van der Waals surface area (Å²) in [6.07, 6.45) is 8.39. The number of hydrogen-bond acceptors (Lipinski definition) is 6. The van der Waals surface area contributed by atoms with Crippen molar-refractivity contribution in [3.63, 3.8) is 0 Å². The Bertz CT molecular complexity index is 690. The topological polar surface area (TPSA) is 80.9 Å². The molecule has 2 bridgehead atoms. The number of thioether (sulfide) groups is 1. The Balaban J connectivity index is 1.29. The van der Waals surface area contributed by atoms with Crippen LogP contribution in [0.2, 0.25) is 0 Å². The lowest BCUT2D eigenvalue weighted by Crippen LogP contribution is -2.39. The van der Waals surface area contributed by atoms with E-state index in [0.29, 0.717) is 28.8 Å². The third kappa shape index (κ3) is 3.24. The Morgan fingerprint density at radius 2 is 2.13 bits per heavy atom. The molecule has 2 saturated carbocycles. The minimum Gasteiger partial charge on any atom is -0.411 e. The monoisotopic (exact) mass is 330 g/mol. The molecule has 2 aliphatic carbocycles. The maximum atomic E-state index is 12.1. The van der Waals surface area contributed by atoms with Gasteiger partial charge in [-0.1, -0.05) is 18.2 Å². The van der Waals surface area contributed by atoms with E-state index in [4.69, 9.17) is 4.42 Å². The van der Waals surface area contributed by atoms with E-state index >= 15 is 0 Å². The average molecular weight is 330 g/mol. The van der Waals surface area contributed by atoms with Gasteiger partial charge in [-0.15, -0.1) is 10.2 Å². The summed E-state index contributed by atoms with van der Waals surface area (Å²) in [5.74, 6) is 2.33. The van der Waals surface area contributed by atoms with Gasteiger partial charge in [-0.25, -0.2) is 0 Å². The molecule has 2 aliphatic rings. The van der Waals surface area contributed by atoms with E-state index in [2.05, 4.69) is 20.5 Å². The van der Waals surface area contributed by atoms with Crippen LogP contribution in [0.25, 0.3) is 11.5 Å². The number of hydrogen-bond donors (Lipinski definition) is 1. The van der Waals surface area contributed by atoms with Crippen LogP contribution < -0.4 is 5.32 Å². The van der Waals surface area contributed by atoms with Crippen molar-refractivity contribution in [1.82, 2.24) is 20.5 Å². The molecule has 2 aromatic rings. The van der Waals surface area contributed by atoms with Crippen molar-refractivity contribution in [2.24, 2.45) is 11.8 Å². The Labute approximate surface area is 138 Å². The van der Waals surface area contributed by atoms with Gasteiger partial charge in [-0.3, -0.25) is 9.78 Å². The van der Waals surface area contributed by atoms with Crippen LogP contribution in [-0.2, 0) is 4.79 Å². The maximum Gasteiger partial charge on any atom is 0.277 e. The third-order valence-corrected chi connectivity index (χ3v) is 5.56. The van der Waals surface area contributed by atoms with Gasteiger partial charge in [-0.05, 0) is 43.2 Å². The predicted octanol–water partition coefficient (Wildman–Crippen LogP) is 2.53. The number of pyridine rings is 1. The summed E-state index contributed by atoms with van der Waals surface area (Å²) in [4.78, 5) is 16.0. The number of nitrogens with one attached hydrogen (secondary N) is 1. The van der Waals surface area contributed by atoms with E-state index in [1.807, 2.05) is 12.1 Å². The summed E-state index contributed by atoms with van der Waals surface area (Å²) in [6.45, 7) is 0. The molecule has 120 valence electrons. The Morgan fingerprint density at radius 1 is 1.26 bits per heavy atom. The van der Waals surface area contributed by atoms with E-state index in [1.54, 1.807) is 12.4 Å². The first-order valence-corrected chi connectivity index (χ1v) is 8.92. The molecular formula is C16H18N4O2S. The summed E-state index contributed by atoms with van der Waals surface area (Å²) < 4.78 is 5.57. The first-order valence-electron chi connectivity index (χ1n) is 7.94. The minimum absolute atomic E-state index is 0.0520. The average Bonchev–Trinajstić information content (AvgIpc) is 3.30. The van der Waals surface area contributed by atoms with E-state index in [0.717, 1.165) is 17.9 Å².